The van der Waals surface area contributed by atoms with Crippen molar-refractivity contribution in [3.8, 4) is 11.4 Å². The van der Waals surface area contributed by atoms with E-state index in [4.69, 9.17) is 4.74 Å². The monoisotopic (exact) mass is 488 g/mol. The summed E-state index contributed by atoms with van der Waals surface area (Å²) in [6.45, 7) is 2.37. The number of nitrogens with zero attached hydrogens (tertiary/aromatic N) is 7. The molecule has 11 heteroatoms. The van der Waals surface area contributed by atoms with Crippen LogP contribution in [-0.2, 0) is 16.6 Å². The average Bonchev–Trinajstić information content (AvgIpc) is 3.59. The number of hydrogen-bond donors (Lipinski definition) is 2. The van der Waals surface area contributed by atoms with Gasteiger partial charge in [0.2, 0.25) is 5.95 Å². The molecule has 3 aromatic rings. The van der Waals surface area contributed by atoms with Crippen LogP contribution in [0.2, 0.25) is 0 Å². The number of aromatic nitrogens is 5. The maximum Gasteiger partial charge on any atom is 0.263 e. The molecule has 0 bridgehead atoms. The Hall–Kier alpha value is -4.28. The van der Waals surface area contributed by atoms with E-state index in [1.807, 2.05) is 23.9 Å². The lowest BCUT2D eigenvalue weighted by molar-refractivity contribution is -0.134. The van der Waals surface area contributed by atoms with Crippen LogP contribution in [0.4, 0.5) is 11.6 Å². The maximum atomic E-state index is 12.1. The summed E-state index contributed by atoms with van der Waals surface area (Å²) >= 11 is 0. The number of amides is 1. The number of oxime groups is 1. The largest absolute Gasteiger partial charge is 0.485 e. The number of allylic oxidation sites excluding steroid dienone is 2. The zero-order valence-corrected chi connectivity index (χ0v) is 20.4. The van der Waals surface area contributed by atoms with Crippen LogP contribution < -0.4 is 5.32 Å². The predicted molar refractivity (Wildman–Crippen MR) is 133 cm³/mol. The highest BCUT2D eigenvalue weighted by Crippen LogP contribution is 2.43. The summed E-state index contributed by atoms with van der Waals surface area (Å²) in [5.74, 6) is 1.36. The van der Waals surface area contributed by atoms with Crippen LogP contribution in [0.3, 0.4) is 0 Å². The van der Waals surface area contributed by atoms with E-state index in [1.54, 1.807) is 49.5 Å². The van der Waals surface area contributed by atoms with Crippen LogP contribution in [0, 0.1) is 0 Å². The van der Waals surface area contributed by atoms with Crippen molar-refractivity contribution in [1.82, 2.24) is 29.6 Å². The normalized spacial score (nSPS) is 18.6. The fourth-order valence-electron chi connectivity index (χ4n) is 4.29. The first kappa shape index (κ1) is 23.5. The standard InChI is InChI=1S/C25H28N8O3/c1-15(36-22-10-12-32(2)24(22)34)13-20(31-35)18-6-4-5-17(28-18)19-9-11-26-25(29-19)30-21-14-27-33(3)23(21)16-7-8-16/h4-6,9,11,13-14,16,22,35H,7-8,10,12H2,1-3H3,(H,26,29,30)/b15-13+,31-20+/t22-/m0/s1. The van der Waals surface area contributed by atoms with Gasteiger partial charge in [-0.2, -0.15) is 5.10 Å². The molecule has 4 heterocycles. The van der Waals surface area contributed by atoms with Gasteiger partial charge in [-0.3, -0.25) is 9.48 Å². The van der Waals surface area contributed by atoms with Crippen LogP contribution in [-0.4, -0.2) is 66.2 Å². The first-order valence-electron chi connectivity index (χ1n) is 11.8. The number of nitrogens with one attached hydrogen (secondary N) is 1. The molecular weight excluding hydrogens is 460 g/mol. The summed E-state index contributed by atoms with van der Waals surface area (Å²) in [5, 5.41) is 20.7. The van der Waals surface area contributed by atoms with Crippen LogP contribution in [0.5, 0.6) is 0 Å². The third-order valence-corrected chi connectivity index (χ3v) is 6.28. The van der Waals surface area contributed by atoms with Crippen molar-refractivity contribution in [3.05, 3.63) is 59.9 Å². The highest BCUT2D eigenvalue weighted by atomic mass is 16.5. The van der Waals surface area contributed by atoms with Gasteiger partial charge in [-0.15, -0.1) is 0 Å². The Morgan fingerprint density at radius 3 is 2.72 bits per heavy atom. The van der Waals surface area contributed by atoms with E-state index in [-0.39, 0.29) is 11.6 Å². The number of ether oxygens (including phenoxy) is 1. The third-order valence-electron chi connectivity index (χ3n) is 6.28. The van der Waals surface area contributed by atoms with Crippen LogP contribution >= 0.6 is 0 Å². The van der Waals surface area contributed by atoms with E-state index in [0.717, 1.165) is 24.2 Å². The molecule has 0 aromatic carbocycles. The summed E-state index contributed by atoms with van der Waals surface area (Å²) in [6, 6.07) is 7.13. The van der Waals surface area contributed by atoms with Gasteiger partial charge < -0.3 is 20.2 Å². The predicted octanol–water partition coefficient (Wildman–Crippen LogP) is 3.22. The summed E-state index contributed by atoms with van der Waals surface area (Å²) in [7, 11) is 3.69. The molecule has 1 saturated carbocycles. The third kappa shape index (κ3) is 4.90. The topological polar surface area (TPSA) is 131 Å². The molecule has 5 rings (SSSR count). The molecule has 3 aromatic heterocycles. The zero-order chi connectivity index (χ0) is 25.2. The molecule has 2 fully saturated rings. The highest BCUT2D eigenvalue weighted by molar-refractivity contribution is 6.07. The molecule has 1 aliphatic carbocycles. The summed E-state index contributed by atoms with van der Waals surface area (Å²) < 4.78 is 7.68. The molecule has 0 radical (unpaired) electrons. The lowest BCUT2D eigenvalue weighted by Crippen LogP contribution is -2.27. The molecule has 1 atom stereocenters. The van der Waals surface area contributed by atoms with Crippen molar-refractivity contribution in [3.63, 3.8) is 0 Å². The van der Waals surface area contributed by atoms with E-state index in [0.29, 0.717) is 47.7 Å². The molecule has 36 heavy (non-hydrogen) atoms. The fourth-order valence-corrected chi connectivity index (χ4v) is 4.29. The number of pyridine rings is 1. The maximum absolute atomic E-state index is 12.1. The highest BCUT2D eigenvalue weighted by Gasteiger charge is 2.31. The van der Waals surface area contributed by atoms with Crippen LogP contribution in [0.25, 0.3) is 11.4 Å². The minimum absolute atomic E-state index is 0.0610. The number of carbonyl (C=O) groups excluding carboxylic acids is 1. The number of rotatable bonds is 8. The van der Waals surface area contributed by atoms with Gasteiger partial charge in [-0.1, -0.05) is 11.2 Å². The van der Waals surface area contributed by atoms with Crippen LogP contribution in [0.1, 0.15) is 43.5 Å². The molecule has 11 nitrogen and oxygen atoms in total. The first-order valence-corrected chi connectivity index (χ1v) is 11.8. The van der Waals surface area contributed by atoms with E-state index < -0.39 is 6.10 Å². The minimum Gasteiger partial charge on any atom is -0.485 e. The summed E-state index contributed by atoms with van der Waals surface area (Å²) in [4.78, 5) is 27.4. The fraction of sp³-hybridized carbons (Fsp3) is 0.360. The first-order chi connectivity index (χ1) is 17.4. The Labute approximate surface area is 208 Å². The van der Waals surface area contributed by atoms with Gasteiger partial charge in [0.25, 0.3) is 5.91 Å². The van der Waals surface area contributed by atoms with Gasteiger partial charge in [0.1, 0.15) is 5.71 Å². The van der Waals surface area contributed by atoms with E-state index in [9.17, 15) is 10.0 Å². The molecule has 1 amide bonds. The second-order valence-corrected chi connectivity index (χ2v) is 9.04. The molecule has 2 N–H and O–H groups in total. The number of aryl methyl sites for hydroxylation is 1. The van der Waals surface area contributed by atoms with Gasteiger partial charge in [-0.05, 0) is 38.0 Å². The van der Waals surface area contributed by atoms with E-state index >= 15 is 0 Å². The number of likely N-dealkylation sites (tertiary alicyclic amines) is 1. The van der Waals surface area contributed by atoms with Gasteiger partial charge in [0.15, 0.2) is 6.10 Å². The van der Waals surface area contributed by atoms with Crippen molar-refractivity contribution in [2.45, 2.75) is 38.2 Å². The molecule has 1 aliphatic heterocycles. The lowest BCUT2D eigenvalue weighted by Gasteiger charge is -2.13. The summed E-state index contributed by atoms with van der Waals surface area (Å²) in [5.41, 5.74) is 3.91. The Morgan fingerprint density at radius 1 is 1.19 bits per heavy atom. The molecular formula is C25H28N8O3. The quantitative estimate of drug-likeness (QED) is 0.214. The number of likely N-dealkylation sites (N-methyl/N-ethyl adjacent to an activating group) is 1. The van der Waals surface area contributed by atoms with Crippen LogP contribution in [0.15, 0.2) is 53.7 Å². The minimum atomic E-state index is -0.530. The molecule has 2 aliphatic rings. The molecule has 0 unspecified atom stereocenters. The lowest BCUT2D eigenvalue weighted by atomic mass is 10.2. The Kier molecular flexibility index (Phi) is 6.36. The second-order valence-electron chi connectivity index (χ2n) is 9.04. The molecule has 186 valence electrons. The molecule has 0 spiro atoms. The average molecular weight is 489 g/mol. The Morgan fingerprint density at radius 2 is 2.00 bits per heavy atom. The van der Waals surface area contributed by atoms with E-state index in [1.165, 1.54) is 0 Å². The number of carbonyl (C=O) groups is 1. The van der Waals surface area contributed by atoms with Crippen molar-refractivity contribution >= 4 is 23.3 Å². The van der Waals surface area contributed by atoms with Gasteiger partial charge >= 0.3 is 0 Å². The Bertz CT molecular complexity index is 1340. The van der Waals surface area contributed by atoms with Crippen molar-refractivity contribution in [1.29, 1.82) is 0 Å². The second kappa shape index (κ2) is 9.76. The SMILES string of the molecule is C/C(=C\C(=N/O)c1cccc(-c2ccnc(Nc3cnn(C)c3C3CC3)n2)n1)O[C@H]1CCN(C)C1=O. The van der Waals surface area contributed by atoms with Gasteiger partial charge in [-0.25, -0.2) is 15.0 Å². The smallest absolute Gasteiger partial charge is 0.263 e. The summed E-state index contributed by atoms with van der Waals surface area (Å²) in [6.07, 6.45) is 7.43. The van der Waals surface area contributed by atoms with Crippen molar-refractivity contribution in [2.24, 2.45) is 12.2 Å². The van der Waals surface area contributed by atoms with E-state index in [2.05, 4.69) is 30.5 Å². The molecule has 1 saturated heterocycles. The van der Waals surface area contributed by atoms with Crippen molar-refractivity contribution in [2.75, 3.05) is 18.9 Å². The zero-order valence-electron chi connectivity index (χ0n) is 20.4. The number of anilines is 2. The number of hydrogen-bond acceptors (Lipinski definition) is 9. The van der Waals surface area contributed by atoms with Gasteiger partial charge in [0.05, 0.1) is 40.4 Å². The van der Waals surface area contributed by atoms with Gasteiger partial charge in [0, 0.05) is 45.3 Å². The van der Waals surface area contributed by atoms with Crippen molar-refractivity contribution < 1.29 is 14.7 Å². The Balaban J connectivity index is 1.35.